The minimum Gasteiger partial charge on any atom is -0.455 e. The van der Waals surface area contributed by atoms with Crippen LogP contribution in [0.5, 0.6) is 0 Å². The fourth-order valence-electron chi connectivity index (χ4n) is 2.63. The van der Waals surface area contributed by atoms with Gasteiger partial charge in [-0.1, -0.05) is 30.0 Å². The summed E-state index contributed by atoms with van der Waals surface area (Å²) >= 11 is 2.93. The largest absolute Gasteiger partial charge is 0.455 e. The van der Waals surface area contributed by atoms with Gasteiger partial charge in [-0.15, -0.1) is 11.3 Å². The fraction of sp³-hybridized carbons (Fsp3) is 0.300. The molecule has 146 valence electrons. The molecule has 3 rings (SSSR count). The number of hydrogen-bond acceptors (Lipinski definition) is 7. The van der Waals surface area contributed by atoms with Gasteiger partial charge in [0, 0.05) is 16.0 Å². The van der Waals surface area contributed by atoms with Crippen LogP contribution in [-0.4, -0.2) is 34.2 Å². The van der Waals surface area contributed by atoms with Gasteiger partial charge >= 0.3 is 5.97 Å². The summed E-state index contributed by atoms with van der Waals surface area (Å²) in [6.45, 7) is 7.50. The van der Waals surface area contributed by atoms with Crippen molar-refractivity contribution >= 4 is 50.9 Å². The Morgan fingerprint density at radius 1 is 1.14 bits per heavy atom. The van der Waals surface area contributed by atoms with Crippen LogP contribution < -0.4 is 5.32 Å². The molecule has 0 spiro atoms. The van der Waals surface area contributed by atoms with E-state index in [-0.39, 0.29) is 18.3 Å². The Kier molecular flexibility index (Phi) is 6.31. The highest BCUT2D eigenvalue weighted by atomic mass is 32.2. The topological polar surface area (TPSA) is 81.2 Å². The van der Waals surface area contributed by atoms with Gasteiger partial charge in [-0.25, -0.2) is 9.97 Å². The monoisotopic (exact) mass is 415 g/mol. The first kappa shape index (κ1) is 20.3. The molecule has 8 heteroatoms. The van der Waals surface area contributed by atoms with Crippen molar-refractivity contribution in [2.45, 2.75) is 32.7 Å². The lowest BCUT2D eigenvalue weighted by molar-refractivity contribution is -0.144. The van der Waals surface area contributed by atoms with Crippen molar-refractivity contribution in [3.05, 3.63) is 46.1 Å². The number of ether oxygens (including phenoxy) is 1. The zero-order valence-corrected chi connectivity index (χ0v) is 17.8. The summed E-state index contributed by atoms with van der Waals surface area (Å²) in [5, 5.41) is 4.50. The maximum atomic E-state index is 12.1. The number of anilines is 1. The summed E-state index contributed by atoms with van der Waals surface area (Å²) in [5.41, 5.74) is 2.79. The third-order valence-electron chi connectivity index (χ3n) is 4.22. The molecule has 0 atom stereocenters. The molecule has 6 nitrogen and oxygen atoms in total. The van der Waals surface area contributed by atoms with Crippen molar-refractivity contribution in [1.29, 1.82) is 0 Å². The summed E-state index contributed by atoms with van der Waals surface area (Å²) in [6.07, 6.45) is 0. The molecule has 2 heterocycles. The Labute approximate surface area is 171 Å². The predicted molar refractivity (Wildman–Crippen MR) is 113 cm³/mol. The van der Waals surface area contributed by atoms with E-state index in [2.05, 4.69) is 15.3 Å². The number of thioether (sulfide) groups is 1. The number of esters is 1. The Morgan fingerprint density at radius 3 is 2.64 bits per heavy atom. The number of nitrogens with one attached hydrogen (secondary N) is 1. The van der Waals surface area contributed by atoms with E-state index in [4.69, 9.17) is 4.74 Å². The van der Waals surface area contributed by atoms with Crippen LogP contribution in [0.15, 0.2) is 29.3 Å². The number of benzene rings is 1. The number of thiophene rings is 1. The standard InChI is InChI=1S/C20H21N3O3S2/c1-11-7-5-6-8-15(11)23-16(24)9-26-17(25)10-27-19-18-12(2)13(3)28-20(18)22-14(4)21-19/h5-8H,9-10H2,1-4H3,(H,23,24). The normalized spacial score (nSPS) is 10.9. The lowest BCUT2D eigenvalue weighted by Gasteiger charge is -2.09. The Morgan fingerprint density at radius 2 is 1.89 bits per heavy atom. The van der Waals surface area contributed by atoms with Gasteiger partial charge in [-0.2, -0.15) is 0 Å². The van der Waals surface area contributed by atoms with Gasteiger partial charge in [-0.3, -0.25) is 9.59 Å². The van der Waals surface area contributed by atoms with Crippen LogP contribution in [0.4, 0.5) is 5.69 Å². The van der Waals surface area contributed by atoms with Crippen LogP contribution >= 0.6 is 23.1 Å². The summed E-state index contributed by atoms with van der Waals surface area (Å²) in [6, 6.07) is 7.43. The number of para-hydroxylation sites is 1. The molecular formula is C20H21N3O3S2. The molecule has 1 aromatic carbocycles. The number of aromatic nitrogens is 2. The van der Waals surface area contributed by atoms with E-state index in [1.54, 1.807) is 17.4 Å². The number of carbonyl (C=O) groups excluding carboxylic acids is 2. The van der Waals surface area contributed by atoms with Crippen molar-refractivity contribution in [2.24, 2.45) is 0 Å². The lowest BCUT2D eigenvalue weighted by atomic mass is 10.2. The van der Waals surface area contributed by atoms with Gasteiger partial charge in [0.05, 0.1) is 5.75 Å². The first-order valence-corrected chi connectivity index (χ1v) is 10.5. The molecule has 2 aromatic heterocycles. The van der Waals surface area contributed by atoms with Gasteiger partial charge in [-0.05, 0) is 44.9 Å². The van der Waals surface area contributed by atoms with E-state index >= 15 is 0 Å². The minimum atomic E-state index is -0.459. The smallest absolute Gasteiger partial charge is 0.316 e. The average molecular weight is 416 g/mol. The summed E-state index contributed by atoms with van der Waals surface area (Å²) in [4.78, 5) is 35.2. The third-order valence-corrected chi connectivity index (χ3v) is 6.27. The molecule has 3 aromatic rings. The van der Waals surface area contributed by atoms with Crippen LogP contribution in [0.2, 0.25) is 0 Å². The van der Waals surface area contributed by atoms with Crippen molar-refractivity contribution in [3.8, 4) is 0 Å². The molecule has 0 bridgehead atoms. The maximum absolute atomic E-state index is 12.1. The first-order chi connectivity index (χ1) is 13.3. The van der Waals surface area contributed by atoms with Crippen LogP contribution in [0.3, 0.4) is 0 Å². The van der Waals surface area contributed by atoms with Gasteiger partial charge in [0.1, 0.15) is 15.7 Å². The number of aryl methyl sites for hydroxylation is 4. The number of amides is 1. The van der Waals surface area contributed by atoms with Crippen LogP contribution in [0, 0.1) is 27.7 Å². The SMILES string of the molecule is Cc1nc(SCC(=O)OCC(=O)Nc2ccccc2C)c2c(C)c(C)sc2n1. The van der Waals surface area contributed by atoms with E-state index in [9.17, 15) is 9.59 Å². The van der Waals surface area contributed by atoms with Crippen molar-refractivity contribution in [2.75, 3.05) is 17.7 Å². The maximum Gasteiger partial charge on any atom is 0.316 e. The van der Waals surface area contributed by atoms with Crippen molar-refractivity contribution in [1.82, 2.24) is 9.97 Å². The highest BCUT2D eigenvalue weighted by Crippen LogP contribution is 2.35. The Bertz CT molecular complexity index is 1050. The number of carbonyl (C=O) groups is 2. The third kappa shape index (κ3) is 4.69. The fourth-order valence-corrected chi connectivity index (χ4v) is 4.70. The van der Waals surface area contributed by atoms with Crippen LogP contribution in [0.1, 0.15) is 21.8 Å². The van der Waals surface area contributed by atoms with E-state index in [1.807, 2.05) is 45.9 Å². The molecule has 0 fully saturated rings. The molecule has 0 saturated carbocycles. The van der Waals surface area contributed by atoms with Crippen molar-refractivity contribution in [3.63, 3.8) is 0 Å². The Hall–Kier alpha value is -2.45. The molecule has 1 N–H and O–H groups in total. The van der Waals surface area contributed by atoms with Gasteiger partial charge in [0.25, 0.3) is 5.91 Å². The van der Waals surface area contributed by atoms with Gasteiger partial charge in [0.15, 0.2) is 6.61 Å². The van der Waals surface area contributed by atoms with Crippen LogP contribution in [-0.2, 0) is 14.3 Å². The molecule has 0 saturated heterocycles. The van der Waals surface area contributed by atoms with E-state index < -0.39 is 5.97 Å². The lowest BCUT2D eigenvalue weighted by Crippen LogP contribution is -2.22. The zero-order chi connectivity index (χ0) is 20.3. The van der Waals surface area contributed by atoms with E-state index in [0.29, 0.717) is 11.5 Å². The second kappa shape index (κ2) is 8.70. The summed E-state index contributed by atoms with van der Waals surface area (Å²) < 4.78 is 5.10. The highest BCUT2D eigenvalue weighted by Gasteiger charge is 2.16. The quantitative estimate of drug-likeness (QED) is 0.369. The molecule has 0 radical (unpaired) electrons. The van der Waals surface area contributed by atoms with Gasteiger partial charge in [0.2, 0.25) is 0 Å². The molecule has 0 aliphatic carbocycles. The minimum absolute atomic E-state index is 0.0809. The predicted octanol–water partition coefficient (Wildman–Crippen LogP) is 4.20. The first-order valence-electron chi connectivity index (χ1n) is 8.73. The van der Waals surface area contributed by atoms with Gasteiger partial charge < -0.3 is 10.1 Å². The van der Waals surface area contributed by atoms with Crippen molar-refractivity contribution < 1.29 is 14.3 Å². The number of rotatable bonds is 6. The summed E-state index contributed by atoms with van der Waals surface area (Å²) in [5.74, 6) is -0.0734. The van der Waals surface area contributed by atoms with E-state index in [0.717, 1.165) is 26.4 Å². The number of nitrogens with zero attached hydrogens (tertiary/aromatic N) is 2. The molecule has 1 amide bonds. The highest BCUT2D eigenvalue weighted by molar-refractivity contribution is 8.00. The number of hydrogen-bond donors (Lipinski definition) is 1. The second-order valence-electron chi connectivity index (χ2n) is 6.35. The molecular weight excluding hydrogens is 394 g/mol. The van der Waals surface area contributed by atoms with Crippen LogP contribution in [0.25, 0.3) is 10.2 Å². The Balaban J connectivity index is 1.57. The molecule has 28 heavy (non-hydrogen) atoms. The average Bonchev–Trinajstić information content (AvgIpc) is 2.93. The second-order valence-corrected chi connectivity index (χ2v) is 8.52. The molecule has 0 aliphatic rings. The van der Waals surface area contributed by atoms with E-state index in [1.165, 1.54) is 16.6 Å². The zero-order valence-electron chi connectivity index (χ0n) is 16.2. The molecule has 0 unspecified atom stereocenters. The molecule has 0 aliphatic heterocycles. The number of fused-ring (bicyclic) bond motifs is 1. The summed E-state index contributed by atoms with van der Waals surface area (Å²) in [7, 11) is 0.